The van der Waals surface area contributed by atoms with E-state index in [2.05, 4.69) is 34.6 Å². The maximum atomic E-state index is 14.7. The van der Waals surface area contributed by atoms with Crippen molar-refractivity contribution in [2.45, 2.75) is 246 Å². The third-order valence-corrected chi connectivity index (χ3v) is 13.7. The molecule has 0 saturated carbocycles. The molecule has 0 radical (unpaired) electrons. The molecule has 5 heteroatoms. The second-order valence-corrected chi connectivity index (χ2v) is 19.3. The molecule has 0 heterocycles. The molecule has 306 valence electrons. The number of aromatic hydroxyl groups is 1. The summed E-state index contributed by atoms with van der Waals surface area (Å²) < 4.78 is 27.3. The lowest BCUT2D eigenvalue weighted by Gasteiger charge is -2.36. The Morgan fingerprint density at radius 1 is 0.462 bits per heavy atom. The molecule has 4 nitrogen and oxygen atoms in total. The lowest BCUT2D eigenvalue weighted by Crippen LogP contribution is -2.21. The van der Waals surface area contributed by atoms with E-state index in [1.165, 1.54) is 180 Å². The van der Waals surface area contributed by atoms with Gasteiger partial charge >= 0.3 is 7.60 Å². The molecule has 1 N–H and O–H groups in total. The van der Waals surface area contributed by atoms with E-state index in [4.69, 9.17) is 9.05 Å². The lowest BCUT2D eigenvalue weighted by molar-refractivity contribution is 0.174. The van der Waals surface area contributed by atoms with Crippen LogP contribution in [-0.2, 0) is 13.6 Å². The molecular formula is C47H89O4P. The lowest BCUT2D eigenvalue weighted by atomic mass is 9.87. The summed E-state index contributed by atoms with van der Waals surface area (Å²) in [6, 6.07) is 7.13. The molecule has 1 atom stereocenters. The van der Waals surface area contributed by atoms with E-state index in [1.807, 2.05) is 12.1 Å². The molecule has 0 spiro atoms. The first-order chi connectivity index (χ1) is 25.2. The predicted octanol–water partition coefficient (Wildman–Crippen LogP) is 17.2. The first-order valence-electron chi connectivity index (χ1n) is 22.9. The summed E-state index contributed by atoms with van der Waals surface area (Å²) >= 11 is 0. The van der Waals surface area contributed by atoms with Crippen LogP contribution in [0.4, 0.5) is 0 Å². The van der Waals surface area contributed by atoms with E-state index in [-0.39, 0.29) is 16.8 Å². The van der Waals surface area contributed by atoms with Crippen LogP contribution in [0.1, 0.15) is 251 Å². The van der Waals surface area contributed by atoms with Gasteiger partial charge in [-0.25, -0.2) is 0 Å². The number of phenolic OH excluding ortho intramolecular Hbond substituents is 1. The molecule has 1 aromatic carbocycles. The van der Waals surface area contributed by atoms with Crippen LogP contribution in [0.25, 0.3) is 0 Å². The Morgan fingerprint density at radius 2 is 0.712 bits per heavy atom. The number of benzene rings is 1. The van der Waals surface area contributed by atoms with Crippen LogP contribution in [-0.4, -0.2) is 18.3 Å². The summed E-state index contributed by atoms with van der Waals surface area (Å²) in [6.07, 6.45) is 42.5. The minimum Gasteiger partial charge on any atom is -0.508 e. The number of hydrogen-bond donors (Lipinski definition) is 1. The Morgan fingerprint density at radius 3 is 0.962 bits per heavy atom. The summed E-state index contributed by atoms with van der Waals surface area (Å²) in [4.78, 5) is 0. The molecule has 0 saturated heterocycles. The molecule has 0 amide bonds. The van der Waals surface area contributed by atoms with E-state index in [1.54, 1.807) is 12.1 Å². The van der Waals surface area contributed by atoms with Crippen LogP contribution < -0.4 is 0 Å². The quantitative estimate of drug-likeness (QED) is 0.0540. The minimum atomic E-state index is -3.45. The van der Waals surface area contributed by atoms with Crippen molar-refractivity contribution in [2.75, 3.05) is 13.2 Å². The highest BCUT2D eigenvalue weighted by Crippen LogP contribution is 2.67. The minimum absolute atomic E-state index is 0.217. The Hall–Kier alpha value is -0.830. The fraction of sp³-hybridized carbons (Fsp3) is 0.872. The molecule has 0 fully saturated rings. The highest BCUT2D eigenvalue weighted by atomic mass is 31.2. The van der Waals surface area contributed by atoms with Gasteiger partial charge in [-0.3, -0.25) is 4.57 Å². The average Bonchev–Trinajstić information content (AvgIpc) is 3.11. The van der Waals surface area contributed by atoms with Crippen LogP contribution in [0.5, 0.6) is 5.75 Å². The van der Waals surface area contributed by atoms with Gasteiger partial charge in [-0.05, 0) is 36.0 Å². The zero-order valence-electron chi connectivity index (χ0n) is 35.5. The van der Waals surface area contributed by atoms with Gasteiger partial charge in [-0.1, -0.05) is 239 Å². The number of hydrogen-bond acceptors (Lipinski definition) is 4. The van der Waals surface area contributed by atoms with Gasteiger partial charge in [0, 0.05) is 0 Å². The second kappa shape index (κ2) is 33.5. The van der Waals surface area contributed by atoms with Crippen LogP contribution in [0, 0.1) is 5.41 Å². The van der Waals surface area contributed by atoms with Crippen molar-refractivity contribution in [3.8, 4) is 5.75 Å². The van der Waals surface area contributed by atoms with Gasteiger partial charge in [0.15, 0.2) is 0 Å². The fourth-order valence-corrected chi connectivity index (χ4v) is 10.3. The van der Waals surface area contributed by atoms with Crippen LogP contribution >= 0.6 is 7.60 Å². The summed E-state index contributed by atoms with van der Waals surface area (Å²) in [5.41, 5.74) is 0.200. The number of phenols is 1. The predicted molar refractivity (Wildman–Crippen MR) is 229 cm³/mol. The zero-order valence-corrected chi connectivity index (χ0v) is 36.4. The first kappa shape index (κ1) is 49.2. The summed E-state index contributed by atoms with van der Waals surface area (Å²) in [5, 5.41) is 9.94. The Kier molecular flexibility index (Phi) is 31.7. The Labute approximate surface area is 325 Å². The van der Waals surface area contributed by atoms with Crippen molar-refractivity contribution in [3.63, 3.8) is 0 Å². The van der Waals surface area contributed by atoms with Crippen LogP contribution in [0.15, 0.2) is 24.3 Å². The molecule has 0 aliphatic rings. The van der Waals surface area contributed by atoms with E-state index in [9.17, 15) is 9.67 Å². The molecule has 0 aliphatic heterocycles. The third-order valence-electron chi connectivity index (χ3n) is 10.9. The smallest absolute Gasteiger partial charge is 0.338 e. The molecule has 52 heavy (non-hydrogen) atoms. The van der Waals surface area contributed by atoms with Crippen molar-refractivity contribution in [3.05, 3.63) is 29.8 Å². The zero-order chi connectivity index (χ0) is 38.0. The van der Waals surface area contributed by atoms with E-state index in [0.29, 0.717) is 13.2 Å². The van der Waals surface area contributed by atoms with E-state index in [0.717, 1.165) is 31.2 Å². The van der Waals surface area contributed by atoms with Crippen LogP contribution in [0.3, 0.4) is 0 Å². The summed E-state index contributed by atoms with van der Waals surface area (Å²) in [7, 11) is -3.45. The molecule has 0 aromatic heterocycles. The molecule has 0 aliphatic carbocycles. The topological polar surface area (TPSA) is 55.8 Å². The Bertz CT molecular complexity index is 898. The average molecular weight is 749 g/mol. The number of unbranched alkanes of at least 4 members (excludes halogenated alkanes) is 30. The fourth-order valence-electron chi connectivity index (χ4n) is 7.68. The normalized spacial score (nSPS) is 12.9. The van der Waals surface area contributed by atoms with Crippen molar-refractivity contribution in [1.82, 2.24) is 0 Å². The molecule has 1 rings (SSSR count). The molecule has 1 unspecified atom stereocenters. The Balaban J connectivity index is 2.34. The largest absolute Gasteiger partial charge is 0.508 e. The van der Waals surface area contributed by atoms with Crippen molar-refractivity contribution in [1.29, 1.82) is 0 Å². The van der Waals surface area contributed by atoms with E-state index < -0.39 is 7.60 Å². The monoisotopic (exact) mass is 749 g/mol. The van der Waals surface area contributed by atoms with E-state index >= 15 is 0 Å². The van der Waals surface area contributed by atoms with Gasteiger partial charge in [0.1, 0.15) is 5.75 Å². The van der Waals surface area contributed by atoms with Crippen LogP contribution in [0.2, 0.25) is 0 Å². The maximum absolute atomic E-state index is 14.7. The third kappa shape index (κ3) is 26.9. The summed E-state index contributed by atoms with van der Waals surface area (Å²) in [5.74, 6) is 0.217. The second-order valence-electron chi connectivity index (χ2n) is 17.2. The standard InChI is InChI=1S/C47H89O4P/c1-6-8-10-12-14-16-18-20-22-24-26-28-30-32-34-36-42-50-52(49,46(47(3,4)5)44-38-40-45(48)41-39-44)51-43-37-35-33-31-29-27-25-23-21-19-17-15-13-11-9-7-2/h38-41,46,48H,6-37,42-43H2,1-5H3. The van der Waals surface area contributed by atoms with Gasteiger partial charge in [-0.15, -0.1) is 0 Å². The maximum Gasteiger partial charge on any atom is 0.338 e. The van der Waals surface area contributed by atoms with Gasteiger partial charge in [0.05, 0.1) is 18.9 Å². The highest BCUT2D eigenvalue weighted by molar-refractivity contribution is 7.54. The van der Waals surface area contributed by atoms with Gasteiger partial charge in [0.25, 0.3) is 0 Å². The van der Waals surface area contributed by atoms with Gasteiger partial charge in [-0.2, -0.15) is 0 Å². The van der Waals surface area contributed by atoms with Crippen molar-refractivity contribution >= 4 is 7.60 Å². The molecular weight excluding hydrogens is 659 g/mol. The van der Waals surface area contributed by atoms with Gasteiger partial charge in [0.2, 0.25) is 0 Å². The number of rotatable bonds is 38. The SMILES string of the molecule is CCCCCCCCCCCCCCCCCCOP(=O)(OCCCCCCCCCCCCCCCCCC)C(c1ccc(O)cc1)C(C)(C)C. The first-order valence-corrected chi connectivity index (χ1v) is 24.5. The highest BCUT2D eigenvalue weighted by Gasteiger charge is 2.44. The molecule has 0 bridgehead atoms. The van der Waals surface area contributed by atoms with Crippen molar-refractivity contribution in [2.24, 2.45) is 5.41 Å². The van der Waals surface area contributed by atoms with Gasteiger partial charge < -0.3 is 14.2 Å². The molecule has 1 aromatic rings. The van der Waals surface area contributed by atoms with Crippen molar-refractivity contribution < 1.29 is 18.7 Å². The summed E-state index contributed by atoms with van der Waals surface area (Å²) in [6.45, 7) is 11.9.